The van der Waals surface area contributed by atoms with Gasteiger partial charge >= 0.3 is 5.63 Å². The lowest BCUT2D eigenvalue weighted by atomic mass is 9.93. The second-order valence-corrected chi connectivity index (χ2v) is 6.58. The maximum absolute atomic E-state index is 12.2. The molecule has 1 amide bonds. The zero-order valence-electron chi connectivity index (χ0n) is 13.1. The molecule has 5 nitrogen and oxygen atoms in total. The van der Waals surface area contributed by atoms with Crippen LogP contribution in [0.3, 0.4) is 0 Å². The van der Waals surface area contributed by atoms with Crippen LogP contribution in [-0.4, -0.2) is 30.0 Å². The number of carbonyl (C=O) groups excluding carboxylic acids is 1. The third kappa shape index (κ3) is 4.09. The quantitative estimate of drug-likeness (QED) is 0.840. The number of hydrogen-bond donors (Lipinski definition) is 0. The molecule has 2 heterocycles. The normalized spacial score (nSPS) is 16.9. The zero-order chi connectivity index (χ0) is 15.6. The summed E-state index contributed by atoms with van der Waals surface area (Å²) in [5.74, 6) is 1.26. The van der Waals surface area contributed by atoms with E-state index in [9.17, 15) is 9.59 Å². The summed E-state index contributed by atoms with van der Waals surface area (Å²) in [5, 5.41) is 0. The second kappa shape index (κ2) is 5.92. The summed E-state index contributed by atoms with van der Waals surface area (Å²) in [6.07, 6.45) is 1.59. The van der Waals surface area contributed by atoms with Crippen LogP contribution in [0.15, 0.2) is 21.3 Å². The first-order chi connectivity index (χ1) is 9.75. The van der Waals surface area contributed by atoms with Gasteiger partial charge in [0.1, 0.15) is 17.6 Å². The molecule has 0 bridgehead atoms. The summed E-state index contributed by atoms with van der Waals surface area (Å²) < 4.78 is 10.7. The molecule has 116 valence electrons. The highest BCUT2D eigenvalue weighted by atomic mass is 16.5. The zero-order valence-corrected chi connectivity index (χ0v) is 13.1. The van der Waals surface area contributed by atoms with E-state index in [0.29, 0.717) is 24.6 Å². The molecular formula is C16H23NO4. The van der Waals surface area contributed by atoms with Crippen molar-refractivity contribution >= 4 is 5.91 Å². The highest BCUT2D eigenvalue weighted by Gasteiger charge is 2.30. The number of likely N-dealkylation sites (tertiary alicyclic amines) is 1. The molecule has 1 saturated heterocycles. The Balaban J connectivity index is 1.92. The van der Waals surface area contributed by atoms with Crippen LogP contribution in [0.25, 0.3) is 0 Å². The molecule has 1 aromatic rings. The van der Waals surface area contributed by atoms with Crippen LogP contribution in [0.5, 0.6) is 5.75 Å². The van der Waals surface area contributed by atoms with Crippen LogP contribution in [0, 0.1) is 12.3 Å². The predicted molar refractivity (Wildman–Crippen MR) is 79.4 cm³/mol. The molecule has 1 aliphatic heterocycles. The van der Waals surface area contributed by atoms with E-state index in [2.05, 4.69) is 0 Å². The Morgan fingerprint density at radius 3 is 2.43 bits per heavy atom. The van der Waals surface area contributed by atoms with Crippen molar-refractivity contribution < 1.29 is 13.9 Å². The topological polar surface area (TPSA) is 59.8 Å². The predicted octanol–water partition coefficient (Wildman–Crippen LogP) is 2.36. The number of amides is 1. The highest BCUT2D eigenvalue weighted by molar-refractivity contribution is 5.81. The molecule has 5 heteroatoms. The number of aryl methyl sites for hydroxylation is 1. The lowest BCUT2D eigenvalue weighted by Crippen LogP contribution is -2.46. The van der Waals surface area contributed by atoms with Gasteiger partial charge in [-0.25, -0.2) is 4.79 Å². The molecule has 0 unspecified atom stereocenters. The van der Waals surface area contributed by atoms with Gasteiger partial charge in [-0.2, -0.15) is 0 Å². The summed E-state index contributed by atoms with van der Waals surface area (Å²) in [4.78, 5) is 25.4. The Bertz CT molecular complexity index is 562. The molecule has 1 aromatic heterocycles. The number of rotatable bonds is 2. The van der Waals surface area contributed by atoms with Crippen LogP contribution in [0.1, 0.15) is 39.4 Å². The Labute approximate surface area is 124 Å². The first-order valence-corrected chi connectivity index (χ1v) is 7.33. The fourth-order valence-corrected chi connectivity index (χ4v) is 2.49. The van der Waals surface area contributed by atoms with E-state index in [1.165, 1.54) is 6.07 Å². The van der Waals surface area contributed by atoms with E-state index in [1.54, 1.807) is 13.0 Å². The van der Waals surface area contributed by atoms with E-state index in [-0.39, 0.29) is 17.4 Å². The number of piperidine rings is 1. The van der Waals surface area contributed by atoms with Gasteiger partial charge in [0.2, 0.25) is 5.91 Å². The van der Waals surface area contributed by atoms with Crippen molar-refractivity contribution in [3.05, 3.63) is 28.3 Å². The monoisotopic (exact) mass is 293 g/mol. The molecular weight excluding hydrogens is 270 g/mol. The maximum atomic E-state index is 12.2. The SMILES string of the molecule is Cc1cc(OC2CCN(C(=O)C(C)(C)C)CC2)cc(=O)o1. The fourth-order valence-electron chi connectivity index (χ4n) is 2.49. The van der Waals surface area contributed by atoms with Gasteiger partial charge in [-0.3, -0.25) is 4.79 Å². The van der Waals surface area contributed by atoms with Crippen LogP contribution < -0.4 is 10.4 Å². The van der Waals surface area contributed by atoms with Gasteiger partial charge in [0.05, 0.1) is 6.07 Å². The summed E-state index contributed by atoms with van der Waals surface area (Å²) in [6, 6.07) is 3.08. The van der Waals surface area contributed by atoms with Crippen molar-refractivity contribution in [3.8, 4) is 5.75 Å². The van der Waals surface area contributed by atoms with Crippen LogP contribution in [0.2, 0.25) is 0 Å². The molecule has 0 aliphatic carbocycles. The van der Waals surface area contributed by atoms with Crippen LogP contribution >= 0.6 is 0 Å². The van der Waals surface area contributed by atoms with E-state index in [4.69, 9.17) is 9.15 Å². The molecule has 0 saturated carbocycles. The minimum atomic E-state index is -0.398. The van der Waals surface area contributed by atoms with Crippen molar-refractivity contribution in [1.29, 1.82) is 0 Å². The van der Waals surface area contributed by atoms with E-state index in [1.807, 2.05) is 25.7 Å². The second-order valence-electron chi connectivity index (χ2n) is 6.58. The van der Waals surface area contributed by atoms with E-state index in [0.717, 1.165) is 12.8 Å². The van der Waals surface area contributed by atoms with Crippen LogP contribution in [0.4, 0.5) is 0 Å². The van der Waals surface area contributed by atoms with Gasteiger partial charge in [0, 0.05) is 37.4 Å². The maximum Gasteiger partial charge on any atom is 0.339 e. The van der Waals surface area contributed by atoms with E-state index < -0.39 is 5.63 Å². The highest BCUT2D eigenvalue weighted by Crippen LogP contribution is 2.23. The van der Waals surface area contributed by atoms with Crippen molar-refractivity contribution in [2.24, 2.45) is 5.41 Å². The largest absolute Gasteiger partial charge is 0.490 e. The Morgan fingerprint density at radius 2 is 1.90 bits per heavy atom. The molecule has 1 fully saturated rings. The van der Waals surface area contributed by atoms with Gasteiger partial charge in [0.25, 0.3) is 0 Å². The minimum absolute atomic E-state index is 0.0372. The molecule has 0 spiro atoms. The first-order valence-electron chi connectivity index (χ1n) is 7.33. The molecule has 0 atom stereocenters. The van der Waals surface area contributed by atoms with Gasteiger partial charge in [0.15, 0.2) is 0 Å². The summed E-state index contributed by atoms with van der Waals surface area (Å²) in [7, 11) is 0. The van der Waals surface area contributed by atoms with Crippen molar-refractivity contribution in [3.63, 3.8) is 0 Å². The number of ether oxygens (including phenoxy) is 1. The Kier molecular flexibility index (Phi) is 4.40. The molecule has 0 aromatic carbocycles. The van der Waals surface area contributed by atoms with Gasteiger partial charge in [-0.05, 0) is 6.92 Å². The molecule has 2 rings (SSSR count). The summed E-state index contributed by atoms with van der Waals surface area (Å²) >= 11 is 0. The summed E-state index contributed by atoms with van der Waals surface area (Å²) in [6.45, 7) is 8.92. The van der Waals surface area contributed by atoms with Gasteiger partial charge in [-0.15, -0.1) is 0 Å². The first kappa shape index (κ1) is 15.6. The number of carbonyl (C=O) groups is 1. The molecule has 21 heavy (non-hydrogen) atoms. The number of hydrogen-bond acceptors (Lipinski definition) is 4. The molecule has 0 radical (unpaired) electrons. The van der Waals surface area contributed by atoms with Crippen molar-refractivity contribution in [2.45, 2.75) is 46.6 Å². The average Bonchev–Trinajstić information content (AvgIpc) is 2.36. The molecule has 0 N–H and O–H groups in total. The van der Waals surface area contributed by atoms with Gasteiger partial charge in [-0.1, -0.05) is 20.8 Å². The van der Waals surface area contributed by atoms with Crippen molar-refractivity contribution in [2.75, 3.05) is 13.1 Å². The third-order valence-electron chi connectivity index (χ3n) is 3.54. The minimum Gasteiger partial charge on any atom is -0.490 e. The lowest BCUT2D eigenvalue weighted by molar-refractivity contribution is -0.141. The standard InChI is InChI=1S/C16H23NO4/c1-11-9-13(10-14(18)20-11)21-12-5-7-17(8-6-12)15(19)16(2,3)4/h9-10,12H,5-8H2,1-4H3. The lowest BCUT2D eigenvalue weighted by Gasteiger charge is -2.35. The number of nitrogens with zero attached hydrogens (tertiary/aromatic N) is 1. The van der Waals surface area contributed by atoms with Gasteiger partial charge < -0.3 is 14.1 Å². The Hall–Kier alpha value is -1.78. The smallest absolute Gasteiger partial charge is 0.339 e. The van der Waals surface area contributed by atoms with Crippen LogP contribution in [-0.2, 0) is 4.79 Å². The average molecular weight is 293 g/mol. The Morgan fingerprint density at radius 1 is 1.29 bits per heavy atom. The van der Waals surface area contributed by atoms with Crippen molar-refractivity contribution in [1.82, 2.24) is 4.90 Å². The fraction of sp³-hybridized carbons (Fsp3) is 0.625. The molecule has 1 aliphatic rings. The van der Waals surface area contributed by atoms with E-state index >= 15 is 0 Å². The summed E-state index contributed by atoms with van der Waals surface area (Å²) in [5.41, 5.74) is -0.742. The third-order valence-corrected chi connectivity index (χ3v) is 3.54.